The van der Waals surface area contributed by atoms with Gasteiger partial charge in [-0.25, -0.2) is 4.79 Å². The molecule has 2 aromatic heterocycles. The van der Waals surface area contributed by atoms with Gasteiger partial charge in [0.1, 0.15) is 0 Å². The Hall–Kier alpha value is -3.33. The smallest absolute Gasteiger partial charge is 0.337 e. The summed E-state index contributed by atoms with van der Waals surface area (Å²) in [4.78, 5) is 23.9. The molecule has 0 atom stereocenters. The lowest BCUT2D eigenvalue weighted by Gasteiger charge is -2.08. The first kappa shape index (κ1) is 19.4. The number of rotatable bonds is 8. The minimum atomic E-state index is -0.464. The first-order valence-electron chi connectivity index (χ1n) is 8.31. The van der Waals surface area contributed by atoms with Gasteiger partial charge in [-0.2, -0.15) is 0 Å². The Bertz CT molecular complexity index is 982. The van der Waals surface area contributed by atoms with Gasteiger partial charge in [-0.3, -0.25) is 9.36 Å². The Morgan fingerprint density at radius 2 is 2.18 bits per heavy atom. The second-order valence-electron chi connectivity index (χ2n) is 5.59. The van der Waals surface area contributed by atoms with Gasteiger partial charge in [0.15, 0.2) is 10.9 Å². The molecule has 0 saturated carbocycles. The Balaban J connectivity index is 1.66. The van der Waals surface area contributed by atoms with E-state index in [0.29, 0.717) is 34.5 Å². The highest BCUT2D eigenvalue weighted by atomic mass is 32.2. The fraction of sp³-hybridized carbons (Fsp3) is 0.158. The molecule has 9 heteroatoms. The van der Waals surface area contributed by atoms with E-state index in [1.807, 2.05) is 4.57 Å². The SMILES string of the molecule is C=CCn1c(SCC(=O)Nc2cccc(C(=O)OC)c2)nnc1-c1ccco1. The van der Waals surface area contributed by atoms with Crippen LogP contribution in [0.4, 0.5) is 5.69 Å². The third-order valence-corrected chi connectivity index (χ3v) is 4.64. The number of methoxy groups -OCH3 is 1. The van der Waals surface area contributed by atoms with Crippen LogP contribution < -0.4 is 5.32 Å². The van der Waals surface area contributed by atoms with Gasteiger partial charge < -0.3 is 14.5 Å². The number of anilines is 1. The normalized spacial score (nSPS) is 10.5. The molecule has 0 aliphatic carbocycles. The van der Waals surface area contributed by atoms with E-state index in [2.05, 4.69) is 26.8 Å². The fourth-order valence-corrected chi connectivity index (χ4v) is 3.19. The number of furan rings is 1. The second kappa shape index (κ2) is 9.05. The van der Waals surface area contributed by atoms with E-state index in [0.717, 1.165) is 0 Å². The van der Waals surface area contributed by atoms with Gasteiger partial charge in [0, 0.05) is 12.2 Å². The monoisotopic (exact) mass is 398 g/mol. The molecule has 3 aromatic rings. The lowest BCUT2D eigenvalue weighted by atomic mass is 10.2. The number of thioether (sulfide) groups is 1. The maximum Gasteiger partial charge on any atom is 0.337 e. The van der Waals surface area contributed by atoms with Crippen LogP contribution in [-0.4, -0.2) is 39.5 Å². The van der Waals surface area contributed by atoms with Crippen molar-refractivity contribution in [3.63, 3.8) is 0 Å². The highest BCUT2D eigenvalue weighted by molar-refractivity contribution is 7.99. The molecule has 0 fully saturated rings. The van der Waals surface area contributed by atoms with Crippen LogP contribution in [0.25, 0.3) is 11.6 Å². The highest BCUT2D eigenvalue weighted by Crippen LogP contribution is 2.24. The molecule has 1 aromatic carbocycles. The molecule has 3 rings (SSSR count). The van der Waals surface area contributed by atoms with E-state index >= 15 is 0 Å². The first-order chi connectivity index (χ1) is 13.6. The molecule has 0 spiro atoms. The Kier molecular flexibility index (Phi) is 6.28. The summed E-state index contributed by atoms with van der Waals surface area (Å²) in [6.07, 6.45) is 3.28. The van der Waals surface area contributed by atoms with Crippen molar-refractivity contribution < 1.29 is 18.7 Å². The van der Waals surface area contributed by atoms with Gasteiger partial charge >= 0.3 is 5.97 Å². The summed E-state index contributed by atoms with van der Waals surface area (Å²) in [6.45, 7) is 4.23. The van der Waals surface area contributed by atoms with Crippen molar-refractivity contribution in [3.8, 4) is 11.6 Å². The summed E-state index contributed by atoms with van der Waals surface area (Å²) in [5, 5.41) is 11.6. The number of esters is 1. The summed E-state index contributed by atoms with van der Waals surface area (Å²) < 4.78 is 11.9. The van der Waals surface area contributed by atoms with Crippen molar-refractivity contribution >= 4 is 29.3 Å². The van der Waals surface area contributed by atoms with Gasteiger partial charge in [-0.1, -0.05) is 23.9 Å². The zero-order valence-corrected chi connectivity index (χ0v) is 15.9. The standard InChI is InChI=1S/C19H18N4O4S/c1-3-9-23-17(15-8-5-10-27-15)21-22-19(23)28-12-16(24)20-14-7-4-6-13(11-14)18(25)26-2/h3-8,10-11H,1,9,12H2,2H3,(H,20,24). The number of carbonyl (C=O) groups is 2. The van der Waals surface area contributed by atoms with Crippen molar-refractivity contribution in [2.75, 3.05) is 18.2 Å². The average Bonchev–Trinajstić information content (AvgIpc) is 3.36. The van der Waals surface area contributed by atoms with Crippen molar-refractivity contribution in [1.82, 2.24) is 14.8 Å². The minimum absolute atomic E-state index is 0.121. The van der Waals surface area contributed by atoms with E-state index in [4.69, 9.17) is 4.42 Å². The van der Waals surface area contributed by atoms with Crippen LogP contribution in [0, 0.1) is 0 Å². The van der Waals surface area contributed by atoms with Gasteiger partial charge in [0.2, 0.25) is 11.7 Å². The van der Waals surface area contributed by atoms with Crippen molar-refractivity contribution in [2.24, 2.45) is 0 Å². The second-order valence-corrected chi connectivity index (χ2v) is 6.53. The van der Waals surface area contributed by atoms with Gasteiger partial charge in [-0.05, 0) is 30.3 Å². The molecular formula is C19H18N4O4S. The lowest BCUT2D eigenvalue weighted by Crippen LogP contribution is -2.15. The summed E-state index contributed by atoms with van der Waals surface area (Å²) in [5.41, 5.74) is 0.874. The van der Waals surface area contributed by atoms with Crippen molar-refractivity contribution in [1.29, 1.82) is 0 Å². The number of amides is 1. The van der Waals surface area contributed by atoms with E-state index < -0.39 is 5.97 Å². The van der Waals surface area contributed by atoms with E-state index in [-0.39, 0.29) is 11.7 Å². The molecule has 0 saturated heterocycles. The van der Waals surface area contributed by atoms with Crippen LogP contribution in [0.3, 0.4) is 0 Å². The van der Waals surface area contributed by atoms with Crippen molar-refractivity contribution in [3.05, 3.63) is 60.9 Å². The number of aromatic nitrogens is 3. The zero-order valence-electron chi connectivity index (χ0n) is 15.1. The average molecular weight is 398 g/mol. The quantitative estimate of drug-likeness (QED) is 0.353. The lowest BCUT2D eigenvalue weighted by molar-refractivity contribution is -0.113. The van der Waals surface area contributed by atoms with E-state index in [1.165, 1.54) is 18.9 Å². The molecule has 28 heavy (non-hydrogen) atoms. The van der Waals surface area contributed by atoms with Crippen LogP contribution in [0.1, 0.15) is 10.4 Å². The van der Waals surface area contributed by atoms with Crippen LogP contribution in [0.15, 0.2) is 64.9 Å². The summed E-state index contributed by atoms with van der Waals surface area (Å²) in [7, 11) is 1.31. The third kappa shape index (κ3) is 4.49. The van der Waals surface area contributed by atoms with E-state index in [9.17, 15) is 9.59 Å². The van der Waals surface area contributed by atoms with Crippen LogP contribution >= 0.6 is 11.8 Å². The van der Waals surface area contributed by atoms with Gasteiger partial charge in [0.05, 0.1) is 24.7 Å². The summed E-state index contributed by atoms with van der Waals surface area (Å²) in [6, 6.07) is 10.1. The highest BCUT2D eigenvalue weighted by Gasteiger charge is 2.17. The number of ether oxygens (including phenoxy) is 1. The first-order valence-corrected chi connectivity index (χ1v) is 9.30. The third-order valence-electron chi connectivity index (χ3n) is 3.67. The minimum Gasteiger partial charge on any atom is -0.465 e. The molecule has 0 radical (unpaired) electrons. The molecule has 1 amide bonds. The molecule has 0 aliphatic heterocycles. The largest absolute Gasteiger partial charge is 0.465 e. The van der Waals surface area contributed by atoms with Crippen LogP contribution in [0.2, 0.25) is 0 Å². The Morgan fingerprint density at radius 1 is 1.32 bits per heavy atom. The summed E-state index contributed by atoms with van der Waals surface area (Å²) in [5.74, 6) is 0.577. The van der Waals surface area contributed by atoms with Crippen LogP contribution in [-0.2, 0) is 16.1 Å². The maximum absolute atomic E-state index is 12.3. The number of nitrogens with one attached hydrogen (secondary N) is 1. The van der Waals surface area contributed by atoms with Crippen LogP contribution in [0.5, 0.6) is 0 Å². The topological polar surface area (TPSA) is 99.2 Å². The zero-order chi connectivity index (χ0) is 19.9. The fourth-order valence-electron chi connectivity index (χ4n) is 2.45. The number of carbonyl (C=O) groups excluding carboxylic acids is 2. The predicted octanol–water partition coefficient (Wildman–Crippen LogP) is 3.24. The number of hydrogen-bond donors (Lipinski definition) is 1. The van der Waals surface area contributed by atoms with Gasteiger partial charge in [-0.15, -0.1) is 16.8 Å². The maximum atomic E-state index is 12.3. The van der Waals surface area contributed by atoms with Gasteiger partial charge in [0.25, 0.3) is 0 Å². The molecule has 0 unspecified atom stereocenters. The summed E-state index contributed by atoms with van der Waals surface area (Å²) >= 11 is 1.24. The predicted molar refractivity (Wildman–Crippen MR) is 105 cm³/mol. The number of hydrogen-bond acceptors (Lipinski definition) is 7. The number of benzene rings is 1. The molecule has 1 N–H and O–H groups in total. The molecular weight excluding hydrogens is 380 g/mol. The molecule has 2 heterocycles. The Morgan fingerprint density at radius 3 is 2.89 bits per heavy atom. The van der Waals surface area contributed by atoms with Crippen molar-refractivity contribution in [2.45, 2.75) is 11.7 Å². The van der Waals surface area contributed by atoms with E-state index in [1.54, 1.807) is 48.7 Å². The molecule has 144 valence electrons. The number of nitrogens with zero attached hydrogens (tertiary/aromatic N) is 3. The molecule has 0 aliphatic rings. The number of allylic oxidation sites excluding steroid dienone is 1. The Labute approximate surface area is 165 Å². The molecule has 8 nitrogen and oxygen atoms in total. The molecule has 0 bridgehead atoms.